The second kappa shape index (κ2) is 5.62. The zero-order valence-electron chi connectivity index (χ0n) is 13.2. The van der Waals surface area contributed by atoms with E-state index in [1.54, 1.807) is 23.1 Å². The molecular weight excluding hydrogens is 359 g/mol. The molecule has 1 aliphatic carbocycles. The fourth-order valence-electron chi connectivity index (χ4n) is 3.17. The lowest BCUT2D eigenvalue weighted by molar-refractivity contribution is -0.135. The quantitative estimate of drug-likeness (QED) is 0.820. The summed E-state index contributed by atoms with van der Waals surface area (Å²) in [6.07, 6.45) is 7.02. The van der Waals surface area contributed by atoms with Gasteiger partial charge < -0.3 is 10.6 Å². The van der Waals surface area contributed by atoms with Crippen molar-refractivity contribution >= 4 is 35.1 Å². The van der Waals surface area contributed by atoms with E-state index >= 15 is 0 Å². The Bertz CT molecular complexity index is 947. The molecule has 5 nitrogen and oxygen atoms in total. The molecule has 1 amide bonds. The maximum absolute atomic E-state index is 12.7. The van der Waals surface area contributed by atoms with Crippen molar-refractivity contribution in [3.05, 3.63) is 39.5 Å². The Labute approximate surface area is 155 Å². The molecule has 1 fully saturated rings. The number of carbonyl (C=O) groups is 1. The average molecular weight is 373 g/mol. The molecule has 1 saturated carbocycles. The second-order valence-corrected chi connectivity index (χ2v) is 7.21. The predicted octanol–water partition coefficient (Wildman–Crippen LogP) is 3.29. The van der Waals surface area contributed by atoms with Gasteiger partial charge in [0.15, 0.2) is 0 Å². The summed E-state index contributed by atoms with van der Waals surface area (Å²) in [6, 6.07) is 5.18. The number of nitrogens with zero attached hydrogens (tertiary/aromatic N) is 3. The first-order valence-corrected chi connectivity index (χ1v) is 8.57. The summed E-state index contributed by atoms with van der Waals surface area (Å²) in [5.74, 6) is 2.76. The molecule has 0 bridgehead atoms. The Morgan fingerprint density at radius 2 is 2.04 bits per heavy atom. The van der Waals surface area contributed by atoms with Crippen molar-refractivity contribution in [2.45, 2.75) is 25.9 Å². The van der Waals surface area contributed by atoms with Crippen LogP contribution in [0.15, 0.2) is 18.2 Å². The largest absolute Gasteiger partial charge is 0.368 e. The molecule has 25 heavy (non-hydrogen) atoms. The van der Waals surface area contributed by atoms with Gasteiger partial charge in [0.2, 0.25) is 11.9 Å². The lowest BCUT2D eigenvalue weighted by Crippen LogP contribution is -2.32. The number of hydrogen-bond donors (Lipinski definition) is 1. The first kappa shape index (κ1) is 16.2. The van der Waals surface area contributed by atoms with Gasteiger partial charge in [-0.1, -0.05) is 29.1 Å². The molecule has 4 rings (SSSR count). The number of nitrogens with two attached hydrogens (primary N) is 1. The number of hydrogen-bond acceptors (Lipinski definition) is 4. The van der Waals surface area contributed by atoms with Gasteiger partial charge in [0.05, 0.1) is 29.5 Å². The minimum Gasteiger partial charge on any atom is -0.368 e. The molecule has 1 aromatic heterocycles. The van der Waals surface area contributed by atoms with Crippen LogP contribution in [0.4, 0.5) is 5.95 Å². The van der Waals surface area contributed by atoms with Gasteiger partial charge in [-0.05, 0) is 31.0 Å². The summed E-state index contributed by atoms with van der Waals surface area (Å²) >= 11 is 12.3. The summed E-state index contributed by atoms with van der Waals surface area (Å²) in [5.41, 5.74) is 8.15. The van der Waals surface area contributed by atoms with E-state index in [-0.39, 0.29) is 11.9 Å². The molecule has 126 valence electrons. The van der Waals surface area contributed by atoms with Crippen LogP contribution in [0.1, 0.15) is 24.1 Å². The highest BCUT2D eigenvalue weighted by atomic mass is 35.5. The number of halogens is 2. The number of amides is 1. The van der Waals surface area contributed by atoms with Crippen molar-refractivity contribution in [2.24, 2.45) is 5.41 Å². The summed E-state index contributed by atoms with van der Waals surface area (Å²) in [5, 5.41) is 1.01. The van der Waals surface area contributed by atoms with Crippen LogP contribution < -0.4 is 5.73 Å². The van der Waals surface area contributed by atoms with Crippen molar-refractivity contribution in [3.8, 4) is 23.6 Å². The molecule has 0 spiro atoms. The third-order valence-corrected chi connectivity index (χ3v) is 5.26. The molecule has 2 aromatic rings. The molecule has 1 aliphatic heterocycles. The number of aromatic nitrogens is 2. The topological polar surface area (TPSA) is 72.1 Å². The number of fused-ring (bicyclic) bond motifs is 1. The number of benzene rings is 1. The number of carbonyl (C=O) groups excluding carboxylic acids is 1. The smallest absolute Gasteiger partial charge is 0.241 e. The molecule has 0 radical (unpaired) electrons. The lowest BCUT2D eigenvalue weighted by Gasteiger charge is -2.18. The predicted molar refractivity (Wildman–Crippen MR) is 96.7 cm³/mol. The fourth-order valence-corrected chi connectivity index (χ4v) is 3.67. The molecule has 2 heterocycles. The van der Waals surface area contributed by atoms with Crippen molar-refractivity contribution in [1.29, 1.82) is 0 Å². The van der Waals surface area contributed by atoms with E-state index in [0.717, 1.165) is 24.1 Å². The van der Waals surface area contributed by atoms with Crippen LogP contribution in [0, 0.1) is 17.8 Å². The van der Waals surface area contributed by atoms with Gasteiger partial charge in [-0.25, -0.2) is 9.97 Å². The third-order valence-electron chi connectivity index (χ3n) is 4.71. The molecule has 0 unspecified atom stereocenters. The molecule has 0 saturated heterocycles. The van der Waals surface area contributed by atoms with E-state index in [0.29, 0.717) is 34.4 Å². The molecular formula is C18H14Cl2N4O. The van der Waals surface area contributed by atoms with Gasteiger partial charge in [0, 0.05) is 16.1 Å². The molecule has 7 heteroatoms. The highest BCUT2D eigenvalue weighted by molar-refractivity contribution is 6.36. The number of nitrogen functional groups attached to an aromatic ring is 1. The van der Waals surface area contributed by atoms with Crippen LogP contribution in [0.5, 0.6) is 0 Å². The summed E-state index contributed by atoms with van der Waals surface area (Å²) in [4.78, 5) is 23.1. The Kier molecular flexibility index (Phi) is 3.64. The Morgan fingerprint density at radius 1 is 1.28 bits per heavy atom. The van der Waals surface area contributed by atoms with Crippen molar-refractivity contribution in [2.75, 3.05) is 5.73 Å². The summed E-state index contributed by atoms with van der Waals surface area (Å²) in [7, 11) is 0. The first-order chi connectivity index (χ1) is 11.9. The Morgan fingerprint density at radius 3 is 2.68 bits per heavy atom. The van der Waals surface area contributed by atoms with Gasteiger partial charge in [-0.3, -0.25) is 4.79 Å². The lowest BCUT2D eigenvalue weighted by atomic mass is 10.1. The van der Waals surface area contributed by atoms with Crippen LogP contribution in [0.3, 0.4) is 0 Å². The van der Waals surface area contributed by atoms with E-state index < -0.39 is 5.41 Å². The maximum Gasteiger partial charge on any atom is 0.241 e. The van der Waals surface area contributed by atoms with Crippen LogP contribution in [-0.2, 0) is 17.9 Å². The van der Waals surface area contributed by atoms with E-state index in [2.05, 4.69) is 15.9 Å². The minimum absolute atomic E-state index is 0.0280. The zero-order valence-corrected chi connectivity index (χ0v) is 14.7. The van der Waals surface area contributed by atoms with Gasteiger partial charge in [-0.15, -0.1) is 6.42 Å². The van der Waals surface area contributed by atoms with Crippen LogP contribution in [-0.4, -0.2) is 20.8 Å². The maximum atomic E-state index is 12.7. The van der Waals surface area contributed by atoms with Crippen molar-refractivity contribution in [1.82, 2.24) is 14.9 Å². The van der Waals surface area contributed by atoms with E-state index in [4.69, 9.17) is 35.4 Å². The molecule has 0 atom stereocenters. The first-order valence-electron chi connectivity index (χ1n) is 7.81. The molecule has 1 aromatic carbocycles. The SMILES string of the molecule is C#CC1(C(=O)N2Cc3nc(N)nc(-c4ccc(Cl)cc4Cl)c3C2)CC1. The number of rotatable bonds is 2. The molecule has 2 aliphatic rings. The number of anilines is 1. The third kappa shape index (κ3) is 2.62. The Balaban J connectivity index is 1.75. The highest BCUT2D eigenvalue weighted by Crippen LogP contribution is 2.48. The summed E-state index contributed by atoms with van der Waals surface area (Å²) < 4.78 is 0. The summed E-state index contributed by atoms with van der Waals surface area (Å²) in [6.45, 7) is 0.773. The second-order valence-electron chi connectivity index (χ2n) is 6.37. The van der Waals surface area contributed by atoms with Gasteiger partial charge in [0.1, 0.15) is 5.41 Å². The average Bonchev–Trinajstić information content (AvgIpc) is 3.26. The standard InChI is InChI=1S/C18H14Cl2N4O/c1-2-18(5-6-18)16(25)24-8-12-14(9-24)22-17(21)23-15(12)11-4-3-10(19)7-13(11)20/h1,3-4,7H,5-6,8-9H2,(H2,21,22,23). The van der Waals surface area contributed by atoms with Gasteiger partial charge in [0.25, 0.3) is 0 Å². The van der Waals surface area contributed by atoms with Crippen LogP contribution in [0.25, 0.3) is 11.3 Å². The van der Waals surface area contributed by atoms with E-state index in [1.165, 1.54) is 0 Å². The van der Waals surface area contributed by atoms with E-state index in [1.807, 2.05) is 0 Å². The van der Waals surface area contributed by atoms with Gasteiger partial charge >= 0.3 is 0 Å². The zero-order chi connectivity index (χ0) is 17.8. The van der Waals surface area contributed by atoms with Crippen molar-refractivity contribution < 1.29 is 4.79 Å². The molecule has 2 N–H and O–H groups in total. The van der Waals surface area contributed by atoms with Crippen LogP contribution in [0.2, 0.25) is 10.0 Å². The van der Waals surface area contributed by atoms with E-state index in [9.17, 15) is 4.79 Å². The Hall–Kier alpha value is -2.29. The number of terminal acetylenes is 1. The highest BCUT2D eigenvalue weighted by Gasteiger charge is 2.51. The normalized spacial score (nSPS) is 17.1. The fraction of sp³-hybridized carbons (Fsp3) is 0.278. The minimum atomic E-state index is -0.640. The van der Waals surface area contributed by atoms with Crippen molar-refractivity contribution in [3.63, 3.8) is 0 Å². The van der Waals surface area contributed by atoms with Gasteiger partial charge in [-0.2, -0.15) is 0 Å². The monoisotopic (exact) mass is 372 g/mol. The van der Waals surface area contributed by atoms with Crippen LogP contribution >= 0.6 is 23.2 Å².